The number of ether oxygens (including phenoxy) is 2. The van der Waals surface area contributed by atoms with E-state index in [1.54, 1.807) is 54.6 Å². The maximum absolute atomic E-state index is 13.1. The van der Waals surface area contributed by atoms with Crippen molar-refractivity contribution < 1.29 is 28.8 Å². The summed E-state index contributed by atoms with van der Waals surface area (Å²) in [6.07, 6.45) is 1.39. The molecule has 188 valence electrons. The van der Waals surface area contributed by atoms with Gasteiger partial charge in [0.1, 0.15) is 23.7 Å². The number of carbonyl (C=O) groups is 3. The molecule has 1 heterocycles. The molecule has 4 rings (SSSR count). The van der Waals surface area contributed by atoms with Crippen molar-refractivity contribution in [3.8, 4) is 11.5 Å². The third kappa shape index (κ3) is 5.84. The van der Waals surface area contributed by atoms with Crippen LogP contribution in [-0.4, -0.2) is 29.4 Å². The highest BCUT2D eigenvalue weighted by atomic mass is 79.9. The van der Waals surface area contributed by atoms with Crippen LogP contribution in [0.1, 0.15) is 18.1 Å². The first kappa shape index (κ1) is 25.6. The van der Waals surface area contributed by atoms with Crippen LogP contribution < -0.4 is 19.7 Å². The summed E-state index contributed by atoms with van der Waals surface area (Å²) in [5, 5.41) is 13.0. The molecule has 10 nitrogen and oxygen atoms in total. The van der Waals surface area contributed by atoms with Crippen molar-refractivity contribution in [1.82, 2.24) is 5.32 Å². The van der Waals surface area contributed by atoms with Crippen molar-refractivity contribution in [2.45, 2.75) is 13.5 Å². The molecule has 0 saturated carbocycles. The zero-order valence-corrected chi connectivity index (χ0v) is 21.1. The molecule has 1 aliphatic rings. The van der Waals surface area contributed by atoms with Crippen LogP contribution >= 0.6 is 15.9 Å². The van der Waals surface area contributed by atoms with Crippen molar-refractivity contribution >= 4 is 51.2 Å². The van der Waals surface area contributed by atoms with Crippen LogP contribution in [0.2, 0.25) is 0 Å². The lowest BCUT2D eigenvalue weighted by molar-refractivity contribution is -0.384. The molecule has 3 aromatic carbocycles. The average molecular weight is 566 g/mol. The number of non-ortho nitro benzene ring substituents is 1. The molecular formula is C26H20BrN3O7. The van der Waals surface area contributed by atoms with E-state index in [1.165, 1.54) is 18.2 Å². The van der Waals surface area contributed by atoms with Crippen molar-refractivity contribution in [1.29, 1.82) is 0 Å². The van der Waals surface area contributed by atoms with Gasteiger partial charge in [-0.05, 0) is 88.6 Å². The number of imide groups is 2. The minimum absolute atomic E-state index is 0.00796. The van der Waals surface area contributed by atoms with Crippen molar-refractivity contribution in [2.75, 3.05) is 11.5 Å². The van der Waals surface area contributed by atoms with E-state index < -0.39 is 22.8 Å². The van der Waals surface area contributed by atoms with E-state index in [0.29, 0.717) is 33.8 Å². The largest absolute Gasteiger partial charge is 0.494 e. The van der Waals surface area contributed by atoms with E-state index in [1.807, 2.05) is 6.92 Å². The second kappa shape index (κ2) is 11.0. The summed E-state index contributed by atoms with van der Waals surface area (Å²) < 4.78 is 11.7. The predicted molar refractivity (Wildman–Crippen MR) is 138 cm³/mol. The SMILES string of the molecule is CCOc1ccc(N2C(=O)NC(=O)/C(=C\c3ccc(OCc4ccc([N+](=O)[O-])cc4)c(Br)c3)C2=O)cc1. The van der Waals surface area contributed by atoms with E-state index in [2.05, 4.69) is 21.2 Å². The molecule has 0 aliphatic carbocycles. The van der Waals surface area contributed by atoms with Gasteiger partial charge in [0.2, 0.25) is 0 Å². The van der Waals surface area contributed by atoms with Crippen LogP contribution in [0.25, 0.3) is 6.08 Å². The fourth-order valence-corrected chi connectivity index (χ4v) is 4.03. The van der Waals surface area contributed by atoms with E-state index >= 15 is 0 Å². The quantitative estimate of drug-likeness (QED) is 0.176. The summed E-state index contributed by atoms with van der Waals surface area (Å²) in [5.41, 5.74) is 1.34. The Labute approximate surface area is 219 Å². The number of nitro benzene ring substituents is 1. The lowest BCUT2D eigenvalue weighted by atomic mass is 10.1. The number of amides is 4. The first-order valence-corrected chi connectivity index (χ1v) is 11.9. The van der Waals surface area contributed by atoms with E-state index in [9.17, 15) is 24.5 Å². The molecule has 0 unspecified atom stereocenters. The monoisotopic (exact) mass is 565 g/mol. The predicted octanol–water partition coefficient (Wildman–Crippen LogP) is 5.00. The van der Waals surface area contributed by atoms with Gasteiger partial charge in [-0.15, -0.1) is 0 Å². The number of nitrogens with one attached hydrogen (secondary N) is 1. The molecule has 1 fully saturated rings. The molecule has 0 radical (unpaired) electrons. The molecule has 0 spiro atoms. The second-order valence-electron chi connectivity index (χ2n) is 7.79. The number of hydrogen-bond donors (Lipinski definition) is 1. The van der Waals surface area contributed by atoms with Crippen molar-refractivity contribution in [3.63, 3.8) is 0 Å². The van der Waals surface area contributed by atoms with Crippen molar-refractivity contribution in [3.05, 3.63) is 98.0 Å². The zero-order valence-electron chi connectivity index (χ0n) is 19.5. The number of halogens is 1. The molecule has 37 heavy (non-hydrogen) atoms. The number of rotatable bonds is 8. The fraction of sp³-hybridized carbons (Fsp3) is 0.115. The van der Waals surface area contributed by atoms with Gasteiger partial charge in [-0.1, -0.05) is 6.07 Å². The molecule has 0 atom stereocenters. The maximum Gasteiger partial charge on any atom is 0.335 e. The Balaban J connectivity index is 1.51. The molecular weight excluding hydrogens is 546 g/mol. The minimum Gasteiger partial charge on any atom is -0.494 e. The standard InChI is InChI=1S/C26H20BrN3O7/c1-2-36-20-10-8-18(9-11-20)29-25(32)21(24(31)28-26(29)33)13-17-5-12-23(22(27)14-17)37-15-16-3-6-19(7-4-16)30(34)35/h3-14H,2,15H2,1H3,(H,28,31,33)/b21-13+. The fourth-order valence-electron chi connectivity index (χ4n) is 3.52. The van der Waals surface area contributed by atoms with Gasteiger partial charge in [-0.2, -0.15) is 0 Å². The zero-order chi connectivity index (χ0) is 26.5. The van der Waals surface area contributed by atoms with E-state index in [4.69, 9.17) is 9.47 Å². The van der Waals surface area contributed by atoms with Gasteiger partial charge in [0, 0.05) is 12.1 Å². The van der Waals surface area contributed by atoms with E-state index in [-0.39, 0.29) is 17.9 Å². The normalized spacial score (nSPS) is 14.5. The Hall–Kier alpha value is -4.51. The maximum atomic E-state index is 13.1. The molecule has 1 saturated heterocycles. The number of benzene rings is 3. The second-order valence-corrected chi connectivity index (χ2v) is 8.64. The number of urea groups is 1. The average Bonchev–Trinajstić information content (AvgIpc) is 2.87. The number of hydrogen-bond acceptors (Lipinski definition) is 7. The van der Waals surface area contributed by atoms with E-state index in [0.717, 1.165) is 10.5 Å². The molecule has 1 aliphatic heterocycles. The number of carbonyl (C=O) groups excluding carboxylic acids is 3. The summed E-state index contributed by atoms with van der Waals surface area (Å²) in [6, 6.07) is 16.5. The third-order valence-electron chi connectivity index (χ3n) is 5.32. The van der Waals surface area contributed by atoms with Gasteiger partial charge < -0.3 is 9.47 Å². The van der Waals surface area contributed by atoms with Gasteiger partial charge >= 0.3 is 6.03 Å². The first-order valence-electron chi connectivity index (χ1n) is 11.1. The van der Waals surface area contributed by atoms with Crippen LogP contribution in [0, 0.1) is 10.1 Å². The summed E-state index contributed by atoms with van der Waals surface area (Å²) in [4.78, 5) is 49.2. The summed E-state index contributed by atoms with van der Waals surface area (Å²) >= 11 is 3.42. The van der Waals surface area contributed by atoms with Crippen LogP contribution in [0.15, 0.2) is 76.8 Å². The molecule has 1 N–H and O–H groups in total. The Bertz CT molecular complexity index is 1400. The van der Waals surface area contributed by atoms with Gasteiger partial charge in [-0.3, -0.25) is 25.0 Å². The molecule has 3 aromatic rings. The van der Waals surface area contributed by atoms with Crippen LogP contribution in [0.4, 0.5) is 16.2 Å². The Morgan fingerprint density at radius 1 is 1.00 bits per heavy atom. The van der Waals surface area contributed by atoms with Gasteiger partial charge in [-0.25, -0.2) is 9.69 Å². The summed E-state index contributed by atoms with van der Waals surface area (Å²) in [7, 11) is 0. The highest BCUT2D eigenvalue weighted by Crippen LogP contribution is 2.29. The minimum atomic E-state index is -0.840. The number of barbiturate groups is 1. The lowest BCUT2D eigenvalue weighted by Gasteiger charge is -2.26. The van der Waals surface area contributed by atoms with Gasteiger partial charge in [0.15, 0.2) is 0 Å². The number of nitro groups is 1. The number of anilines is 1. The molecule has 4 amide bonds. The van der Waals surface area contributed by atoms with Crippen molar-refractivity contribution in [2.24, 2.45) is 0 Å². The lowest BCUT2D eigenvalue weighted by Crippen LogP contribution is -2.54. The van der Waals surface area contributed by atoms with Crippen LogP contribution in [0.3, 0.4) is 0 Å². The Kier molecular flexibility index (Phi) is 7.63. The highest BCUT2D eigenvalue weighted by molar-refractivity contribution is 9.10. The summed E-state index contributed by atoms with van der Waals surface area (Å²) in [6.45, 7) is 2.49. The Morgan fingerprint density at radius 2 is 1.70 bits per heavy atom. The molecule has 11 heteroatoms. The number of nitrogens with zero attached hydrogens (tertiary/aromatic N) is 2. The first-order chi connectivity index (χ1) is 17.8. The van der Waals surface area contributed by atoms with Gasteiger partial charge in [0.25, 0.3) is 17.5 Å². The van der Waals surface area contributed by atoms with Gasteiger partial charge in [0.05, 0.1) is 21.7 Å². The van der Waals surface area contributed by atoms with Crippen LogP contribution in [-0.2, 0) is 16.2 Å². The van der Waals surface area contributed by atoms with Crippen LogP contribution in [0.5, 0.6) is 11.5 Å². The smallest absolute Gasteiger partial charge is 0.335 e. The summed E-state index contributed by atoms with van der Waals surface area (Å²) in [5.74, 6) is -0.478. The Morgan fingerprint density at radius 3 is 2.32 bits per heavy atom. The highest BCUT2D eigenvalue weighted by Gasteiger charge is 2.36. The third-order valence-corrected chi connectivity index (χ3v) is 5.94. The topological polar surface area (TPSA) is 128 Å². The molecule has 0 bridgehead atoms. The molecule has 0 aromatic heterocycles.